The second kappa shape index (κ2) is 10.6. The van der Waals surface area contributed by atoms with Crippen LogP contribution in [0.5, 0.6) is 0 Å². The summed E-state index contributed by atoms with van der Waals surface area (Å²) in [4.78, 5) is 14.2. The van der Waals surface area contributed by atoms with Crippen molar-refractivity contribution in [3.8, 4) is 34.3 Å². The van der Waals surface area contributed by atoms with Crippen LogP contribution in [-0.2, 0) is 25.8 Å². The molecule has 0 bridgehead atoms. The fourth-order valence-electron chi connectivity index (χ4n) is 4.11. The van der Waals surface area contributed by atoms with Crippen LogP contribution in [0.25, 0.3) is 34.3 Å². The summed E-state index contributed by atoms with van der Waals surface area (Å²) < 4.78 is 3.26. The Morgan fingerprint density at radius 1 is 0.632 bits per heavy atom. The van der Waals surface area contributed by atoms with Gasteiger partial charge in [-0.05, 0) is 37.4 Å². The zero-order chi connectivity index (χ0) is 25.2. The number of nitrogens with zero attached hydrogens (tertiary/aromatic N) is 7. The maximum Gasteiger partial charge on any atom is 2.00 e. The minimum atomic E-state index is -0.501. The summed E-state index contributed by atoms with van der Waals surface area (Å²) in [6, 6.07) is 31.5. The van der Waals surface area contributed by atoms with E-state index in [-0.39, 0.29) is 20.4 Å². The van der Waals surface area contributed by atoms with Gasteiger partial charge in [0.2, 0.25) is 0 Å². The van der Waals surface area contributed by atoms with Crippen LogP contribution >= 0.6 is 0 Å². The number of benzene rings is 2. The quantitative estimate of drug-likeness (QED) is 0.190. The summed E-state index contributed by atoms with van der Waals surface area (Å²) >= 11 is 0. The van der Waals surface area contributed by atoms with Gasteiger partial charge in [-0.3, -0.25) is 25.1 Å². The van der Waals surface area contributed by atoms with E-state index in [1.807, 2.05) is 97.1 Å². The minimum Gasteiger partial charge on any atom is -0.343 e. The summed E-state index contributed by atoms with van der Waals surface area (Å²) in [5.74, 6) is 1.15. The van der Waals surface area contributed by atoms with Crippen LogP contribution in [0.2, 0.25) is 0 Å². The smallest absolute Gasteiger partial charge is 0.343 e. The average molecular weight is 588 g/mol. The molecule has 7 nitrogen and oxygen atoms in total. The van der Waals surface area contributed by atoms with Crippen LogP contribution in [0.3, 0.4) is 0 Å². The Balaban J connectivity index is 0.00000294. The van der Waals surface area contributed by atoms with Crippen molar-refractivity contribution in [3.63, 3.8) is 0 Å². The molecule has 4 heterocycles. The Hall–Kier alpha value is -4.25. The van der Waals surface area contributed by atoms with E-state index < -0.39 is 5.41 Å². The van der Waals surface area contributed by atoms with Gasteiger partial charge in [0, 0.05) is 23.0 Å². The number of aromatic nitrogens is 7. The van der Waals surface area contributed by atoms with E-state index in [0.29, 0.717) is 11.8 Å². The normalized spacial score (nSPS) is 11.2. The number of rotatable bonds is 6. The van der Waals surface area contributed by atoms with Gasteiger partial charge in [-0.15, -0.1) is 12.1 Å². The number of hydrogen-bond donors (Lipinski definition) is 0. The second-order valence-corrected chi connectivity index (χ2v) is 9.12. The third kappa shape index (κ3) is 4.97. The molecule has 38 heavy (non-hydrogen) atoms. The third-order valence-corrected chi connectivity index (χ3v) is 6.27. The van der Waals surface area contributed by atoms with Crippen molar-refractivity contribution in [2.24, 2.45) is 0 Å². The molecule has 0 saturated carbocycles. The van der Waals surface area contributed by atoms with Gasteiger partial charge in [0.05, 0.1) is 5.82 Å². The molecule has 0 radical (unpaired) electrons. The Bertz CT molecular complexity index is 1530. The fourth-order valence-corrected chi connectivity index (χ4v) is 4.11. The molecule has 0 amide bonds. The van der Waals surface area contributed by atoms with Gasteiger partial charge in [0.25, 0.3) is 0 Å². The fraction of sp³-hybridized carbons (Fsp3) is 0.100. The standard InChI is InChI=1S/C30H23N7.Pd/c1-30(2,26-14-9-15-28(32-26)36-20-17-24(34-36)22-10-5-3-6-11-22)27-16-19-31-29(33-27)37-21-18-25(35-37)23-12-7-4-8-13-23;/h3-19H,1-2H3;/q-2;+2. The van der Waals surface area contributed by atoms with Crippen LogP contribution in [0.1, 0.15) is 25.2 Å². The van der Waals surface area contributed by atoms with Gasteiger partial charge < -0.3 is 9.36 Å². The monoisotopic (exact) mass is 587 g/mol. The summed E-state index contributed by atoms with van der Waals surface area (Å²) in [5.41, 5.74) is 4.88. The number of hydrogen-bond acceptors (Lipinski definition) is 5. The topological polar surface area (TPSA) is 74.3 Å². The molecular weight excluding hydrogens is 565 g/mol. The van der Waals surface area contributed by atoms with Crippen molar-refractivity contribution >= 4 is 0 Å². The average Bonchev–Trinajstić information content (AvgIpc) is 3.65. The van der Waals surface area contributed by atoms with Gasteiger partial charge in [-0.25, -0.2) is 0 Å². The summed E-state index contributed by atoms with van der Waals surface area (Å²) in [7, 11) is 0. The Morgan fingerprint density at radius 3 is 1.87 bits per heavy atom. The van der Waals surface area contributed by atoms with Gasteiger partial charge in [0.15, 0.2) is 0 Å². The van der Waals surface area contributed by atoms with Crippen molar-refractivity contribution in [2.75, 3.05) is 0 Å². The van der Waals surface area contributed by atoms with Gasteiger partial charge in [0.1, 0.15) is 5.95 Å². The molecule has 0 spiro atoms. The van der Waals surface area contributed by atoms with Crippen molar-refractivity contribution < 1.29 is 20.4 Å². The van der Waals surface area contributed by atoms with Crippen molar-refractivity contribution in [3.05, 3.63) is 127 Å². The second-order valence-electron chi connectivity index (χ2n) is 9.12. The molecule has 0 unspecified atom stereocenters. The zero-order valence-corrected chi connectivity index (χ0v) is 22.3. The molecule has 2 aromatic carbocycles. The van der Waals surface area contributed by atoms with Gasteiger partial charge >= 0.3 is 20.4 Å². The minimum absolute atomic E-state index is 0. The van der Waals surface area contributed by atoms with Crippen LogP contribution in [0, 0.1) is 12.4 Å². The summed E-state index contributed by atoms with van der Waals surface area (Å²) in [6.45, 7) is 4.19. The summed E-state index contributed by atoms with van der Waals surface area (Å²) in [5, 5.41) is 9.32. The Labute approximate surface area is 234 Å². The predicted octanol–water partition coefficient (Wildman–Crippen LogP) is 5.50. The van der Waals surface area contributed by atoms with E-state index in [4.69, 9.17) is 9.97 Å². The zero-order valence-electron chi connectivity index (χ0n) is 20.8. The van der Waals surface area contributed by atoms with E-state index in [1.165, 1.54) is 0 Å². The SMILES string of the molecule is CC(C)(c1cccc(-n2[c-]cc(-c3ccccc3)n2)n1)c1ccnc(-n2[c-]cc(-c3ccccc3)n2)n1.[Pd+2]. The van der Waals surface area contributed by atoms with Crippen molar-refractivity contribution in [2.45, 2.75) is 19.3 Å². The summed E-state index contributed by atoms with van der Waals surface area (Å²) in [6.07, 6.45) is 8.07. The first-order valence-corrected chi connectivity index (χ1v) is 12.0. The molecule has 0 saturated heterocycles. The maximum atomic E-state index is 4.92. The molecule has 0 aliphatic carbocycles. The van der Waals surface area contributed by atoms with E-state index in [2.05, 4.69) is 41.4 Å². The van der Waals surface area contributed by atoms with Gasteiger partial charge in [-0.1, -0.05) is 96.3 Å². The van der Waals surface area contributed by atoms with Crippen molar-refractivity contribution in [1.29, 1.82) is 0 Å². The van der Waals surface area contributed by atoms with Crippen molar-refractivity contribution in [1.82, 2.24) is 34.5 Å². The Kier molecular flexibility index (Phi) is 7.10. The van der Waals surface area contributed by atoms with Crippen LogP contribution in [0.15, 0.2) is 103 Å². The first-order valence-electron chi connectivity index (χ1n) is 12.0. The van der Waals surface area contributed by atoms with E-state index in [9.17, 15) is 0 Å². The van der Waals surface area contributed by atoms with Crippen LogP contribution in [-0.4, -0.2) is 34.5 Å². The molecule has 0 N–H and O–H groups in total. The molecule has 0 aliphatic rings. The molecule has 188 valence electrons. The number of pyridine rings is 1. The Morgan fingerprint density at radius 2 is 1.21 bits per heavy atom. The van der Waals surface area contributed by atoms with E-state index in [1.54, 1.807) is 15.6 Å². The van der Waals surface area contributed by atoms with E-state index in [0.717, 1.165) is 33.9 Å². The van der Waals surface area contributed by atoms with Crippen LogP contribution < -0.4 is 0 Å². The predicted molar refractivity (Wildman–Crippen MR) is 141 cm³/mol. The molecule has 6 aromatic rings. The molecule has 0 fully saturated rings. The van der Waals surface area contributed by atoms with Gasteiger partial charge in [-0.2, -0.15) is 0 Å². The third-order valence-electron chi connectivity index (χ3n) is 6.27. The molecule has 8 heteroatoms. The maximum absolute atomic E-state index is 4.92. The molecular formula is C30H23N7Pd. The molecule has 4 aromatic heterocycles. The first-order chi connectivity index (χ1) is 18.1. The van der Waals surface area contributed by atoms with Crippen LogP contribution in [0.4, 0.5) is 0 Å². The largest absolute Gasteiger partial charge is 2.00 e. The molecule has 0 aliphatic heterocycles. The molecule has 0 atom stereocenters. The molecule has 6 rings (SSSR count). The van der Waals surface area contributed by atoms with E-state index >= 15 is 0 Å². The first kappa shape index (κ1) is 25.4.